The molecule has 3 aromatic carbocycles. The fourth-order valence-electron chi connectivity index (χ4n) is 2.84. The number of rotatable bonds is 6. The summed E-state index contributed by atoms with van der Waals surface area (Å²) >= 11 is 6.00. The Balaban J connectivity index is 1.36. The van der Waals surface area contributed by atoms with Crippen LogP contribution in [0.4, 0.5) is 11.4 Å². The van der Waals surface area contributed by atoms with E-state index in [1.165, 1.54) is 24.3 Å². The number of non-ortho nitro benzene ring substituents is 1. The van der Waals surface area contributed by atoms with Crippen molar-refractivity contribution >= 4 is 39.9 Å². The zero-order valence-corrected chi connectivity index (χ0v) is 16.2. The summed E-state index contributed by atoms with van der Waals surface area (Å²) in [6.45, 7) is -0.195. The summed E-state index contributed by atoms with van der Waals surface area (Å²) in [4.78, 5) is 29.9. The Morgan fingerprint density at radius 3 is 2.53 bits per heavy atom. The minimum atomic E-state index is -0.501. The summed E-state index contributed by atoms with van der Waals surface area (Å²) in [7, 11) is 0. The molecule has 1 amide bonds. The Labute approximate surface area is 175 Å². The highest BCUT2D eigenvalue weighted by atomic mass is 35.5. The summed E-state index contributed by atoms with van der Waals surface area (Å²) in [5, 5.41) is 13.9. The van der Waals surface area contributed by atoms with Crippen LogP contribution >= 0.6 is 11.6 Å². The molecular formula is C21H15ClN4O4. The van der Waals surface area contributed by atoms with Gasteiger partial charge < -0.3 is 15.0 Å². The van der Waals surface area contributed by atoms with Crippen LogP contribution in [0.25, 0.3) is 22.4 Å². The maximum Gasteiger partial charge on any atom is 0.269 e. The van der Waals surface area contributed by atoms with Gasteiger partial charge in [0, 0.05) is 28.4 Å². The molecule has 150 valence electrons. The van der Waals surface area contributed by atoms with E-state index in [0.29, 0.717) is 22.3 Å². The number of nitrogens with one attached hydrogen (secondary N) is 2. The molecule has 0 bridgehead atoms. The molecule has 0 saturated heterocycles. The topological polar surface area (TPSA) is 110 Å². The smallest absolute Gasteiger partial charge is 0.269 e. The number of fused-ring (bicyclic) bond motifs is 1. The van der Waals surface area contributed by atoms with Crippen molar-refractivity contribution < 1.29 is 14.5 Å². The number of benzene rings is 3. The molecule has 0 saturated carbocycles. The van der Waals surface area contributed by atoms with E-state index < -0.39 is 4.92 Å². The van der Waals surface area contributed by atoms with Crippen molar-refractivity contribution in [1.29, 1.82) is 0 Å². The van der Waals surface area contributed by atoms with Gasteiger partial charge in [-0.05, 0) is 54.6 Å². The molecule has 0 unspecified atom stereocenters. The highest BCUT2D eigenvalue weighted by Crippen LogP contribution is 2.24. The lowest BCUT2D eigenvalue weighted by atomic mass is 10.2. The second-order valence-corrected chi connectivity index (χ2v) is 6.85. The van der Waals surface area contributed by atoms with Crippen molar-refractivity contribution in [2.75, 3.05) is 11.9 Å². The predicted octanol–water partition coefficient (Wildman–Crippen LogP) is 4.81. The van der Waals surface area contributed by atoms with Gasteiger partial charge in [0.05, 0.1) is 16.0 Å². The van der Waals surface area contributed by atoms with Crippen molar-refractivity contribution in [3.63, 3.8) is 0 Å². The molecular weight excluding hydrogens is 408 g/mol. The van der Waals surface area contributed by atoms with E-state index in [2.05, 4.69) is 15.3 Å². The van der Waals surface area contributed by atoms with E-state index in [1.54, 1.807) is 18.2 Å². The third kappa shape index (κ3) is 4.39. The number of nitrogens with zero attached hydrogens (tertiary/aromatic N) is 2. The van der Waals surface area contributed by atoms with Crippen LogP contribution in [0.15, 0.2) is 66.7 Å². The van der Waals surface area contributed by atoms with E-state index in [1.807, 2.05) is 24.3 Å². The lowest BCUT2D eigenvalue weighted by Gasteiger charge is -2.08. The molecule has 0 aliphatic rings. The van der Waals surface area contributed by atoms with Crippen LogP contribution < -0.4 is 10.1 Å². The fourth-order valence-corrected chi connectivity index (χ4v) is 3.01. The van der Waals surface area contributed by atoms with Gasteiger partial charge in [0.1, 0.15) is 11.6 Å². The van der Waals surface area contributed by atoms with Crippen LogP contribution in [0.1, 0.15) is 0 Å². The number of carbonyl (C=O) groups excluding carboxylic acids is 1. The summed E-state index contributed by atoms with van der Waals surface area (Å²) in [5.74, 6) is 0.855. The van der Waals surface area contributed by atoms with Gasteiger partial charge in [-0.1, -0.05) is 11.6 Å². The Hall–Kier alpha value is -3.91. The molecule has 0 radical (unpaired) electrons. The zero-order chi connectivity index (χ0) is 21.1. The Morgan fingerprint density at radius 2 is 1.83 bits per heavy atom. The van der Waals surface area contributed by atoms with Gasteiger partial charge in [-0.15, -0.1) is 0 Å². The van der Waals surface area contributed by atoms with Crippen LogP contribution in [-0.2, 0) is 4.79 Å². The first-order chi connectivity index (χ1) is 14.5. The number of hydrogen-bond donors (Lipinski definition) is 2. The maximum absolute atomic E-state index is 12.0. The van der Waals surface area contributed by atoms with Crippen LogP contribution in [0.2, 0.25) is 5.02 Å². The first kappa shape index (κ1) is 19.4. The minimum absolute atomic E-state index is 0.0445. The summed E-state index contributed by atoms with van der Waals surface area (Å²) in [6, 6.07) is 18.2. The summed E-state index contributed by atoms with van der Waals surface area (Å²) in [6.07, 6.45) is 0. The number of hydrogen-bond acceptors (Lipinski definition) is 5. The van der Waals surface area contributed by atoms with Crippen LogP contribution in [0, 0.1) is 10.1 Å². The first-order valence-electron chi connectivity index (χ1n) is 8.91. The number of halogens is 1. The van der Waals surface area contributed by atoms with Crippen molar-refractivity contribution in [2.45, 2.75) is 0 Å². The molecule has 1 heterocycles. The van der Waals surface area contributed by atoms with Gasteiger partial charge in [-0.2, -0.15) is 0 Å². The molecule has 9 heteroatoms. The van der Waals surface area contributed by atoms with Crippen LogP contribution in [-0.4, -0.2) is 27.4 Å². The predicted molar refractivity (Wildman–Crippen MR) is 114 cm³/mol. The second-order valence-electron chi connectivity index (χ2n) is 6.41. The average molecular weight is 423 g/mol. The molecule has 30 heavy (non-hydrogen) atoms. The SMILES string of the molecule is O=C(COc1ccc(-c2nc3ccc(Cl)cc3[nH]2)cc1)Nc1ccc([N+](=O)[O-])cc1. The Morgan fingerprint density at radius 1 is 1.10 bits per heavy atom. The van der Waals surface area contributed by atoms with E-state index in [-0.39, 0.29) is 18.2 Å². The van der Waals surface area contributed by atoms with Gasteiger partial charge in [0.25, 0.3) is 11.6 Å². The third-order valence-electron chi connectivity index (χ3n) is 4.30. The third-order valence-corrected chi connectivity index (χ3v) is 4.54. The minimum Gasteiger partial charge on any atom is -0.484 e. The van der Waals surface area contributed by atoms with E-state index in [0.717, 1.165) is 16.6 Å². The number of ether oxygens (including phenoxy) is 1. The Kier molecular flexibility index (Phi) is 5.32. The van der Waals surface area contributed by atoms with Crippen molar-refractivity contribution in [1.82, 2.24) is 9.97 Å². The highest BCUT2D eigenvalue weighted by molar-refractivity contribution is 6.31. The van der Waals surface area contributed by atoms with Crippen molar-refractivity contribution in [3.8, 4) is 17.1 Å². The molecule has 0 spiro atoms. The van der Waals surface area contributed by atoms with Crippen LogP contribution in [0.3, 0.4) is 0 Å². The van der Waals surface area contributed by atoms with Gasteiger partial charge in [0.15, 0.2) is 6.61 Å². The molecule has 1 aromatic heterocycles. The quantitative estimate of drug-likeness (QED) is 0.342. The molecule has 0 fully saturated rings. The van der Waals surface area contributed by atoms with E-state index in [4.69, 9.17) is 16.3 Å². The molecule has 0 aliphatic carbocycles. The van der Waals surface area contributed by atoms with Crippen molar-refractivity contribution in [2.24, 2.45) is 0 Å². The monoisotopic (exact) mass is 422 g/mol. The number of nitro benzene ring substituents is 1. The zero-order valence-electron chi connectivity index (χ0n) is 15.5. The molecule has 2 N–H and O–H groups in total. The Bertz CT molecular complexity index is 1220. The van der Waals surface area contributed by atoms with E-state index >= 15 is 0 Å². The van der Waals surface area contributed by atoms with E-state index in [9.17, 15) is 14.9 Å². The van der Waals surface area contributed by atoms with Gasteiger partial charge in [-0.25, -0.2) is 4.98 Å². The lowest BCUT2D eigenvalue weighted by Crippen LogP contribution is -2.20. The number of nitro groups is 1. The molecule has 4 aromatic rings. The largest absolute Gasteiger partial charge is 0.484 e. The first-order valence-corrected chi connectivity index (χ1v) is 9.28. The molecule has 0 aliphatic heterocycles. The summed E-state index contributed by atoms with van der Waals surface area (Å²) < 4.78 is 5.50. The van der Waals surface area contributed by atoms with Crippen LogP contribution in [0.5, 0.6) is 5.75 Å². The number of imidazole rings is 1. The normalized spacial score (nSPS) is 10.7. The second kappa shape index (κ2) is 8.22. The van der Waals surface area contributed by atoms with Gasteiger partial charge in [0.2, 0.25) is 0 Å². The standard InChI is InChI=1S/C21H15ClN4O4/c22-14-3-10-18-19(11-14)25-21(24-18)13-1-8-17(9-2-13)30-12-20(27)23-15-4-6-16(7-5-15)26(28)29/h1-11H,12H2,(H,23,27)(H,24,25). The van der Waals surface area contributed by atoms with Gasteiger partial charge in [-0.3, -0.25) is 14.9 Å². The molecule has 4 rings (SSSR count). The maximum atomic E-state index is 12.0. The number of aromatic amines is 1. The number of aromatic nitrogens is 2. The highest BCUT2D eigenvalue weighted by Gasteiger charge is 2.09. The summed E-state index contributed by atoms with van der Waals surface area (Å²) in [5.41, 5.74) is 2.94. The van der Waals surface area contributed by atoms with Crippen molar-refractivity contribution in [3.05, 3.63) is 81.9 Å². The molecule has 0 atom stereocenters. The number of amides is 1. The number of carbonyl (C=O) groups is 1. The average Bonchev–Trinajstić information content (AvgIpc) is 3.16. The number of H-pyrrole nitrogens is 1. The van der Waals surface area contributed by atoms with Gasteiger partial charge >= 0.3 is 0 Å². The number of anilines is 1. The molecule has 8 nitrogen and oxygen atoms in total. The fraction of sp³-hybridized carbons (Fsp3) is 0.0476. The lowest BCUT2D eigenvalue weighted by molar-refractivity contribution is -0.384.